The van der Waals surface area contributed by atoms with Crippen molar-refractivity contribution in [3.8, 4) is 0 Å². The van der Waals surface area contributed by atoms with Crippen molar-refractivity contribution in [2.45, 2.75) is 20.8 Å². The smallest absolute Gasteiger partial charge is 0.175 e. The van der Waals surface area contributed by atoms with E-state index in [2.05, 4.69) is 25.1 Å². The summed E-state index contributed by atoms with van der Waals surface area (Å²) in [5, 5.41) is 2.93. The number of Topliss-reactive ketones (excluding diaryl/α,β-unsaturated/α-hetero) is 1. The quantitative estimate of drug-likeness (QED) is 0.623. The molecular weight excluding hydrogens is 238 g/mol. The highest BCUT2D eigenvalue weighted by atomic mass is 16.1. The Kier molecular flexibility index (Phi) is 7.12. The van der Waals surface area contributed by atoms with Crippen LogP contribution in [-0.4, -0.2) is 18.6 Å². The van der Waals surface area contributed by atoms with Crippen LogP contribution < -0.4 is 5.32 Å². The van der Waals surface area contributed by atoms with Gasteiger partial charge in [0.25, 0.3) is 0 Å². The van der Waals surface area contributed by atoms with Crippen molar-refractivity contribution in [3.05, 3.63) is 59.9 Å². The van der Waals surface area contributed by atoms with Gasteiger partial charge in [0.1, 0.15) is 6.29 Å². The summed E-state index contributed by atoms with van der Waals surface area (Å²) in [6, 6.07) is 0. The fourth-order valence-electron chi connectivity index (χ4n) is 1.39. The van der Waals surface area contributed by atoms with Crippen LogP contribution in [0.1, 0.15) is 20.8 Å². The highest BCUT2D eigenvalue weighted by Crippen LogP contribution is 2.14. The van der Waals surface area contributed by atoms with E-state index in [0.29, 0.717) is 17.8 Å². The van der Waals surface area contributed by atoms with Crippen molar-refractivity contribution in [2.24, 2.45) is 0 Å². The molecule has 0 aliphatic carbocycles. The van der Waals surface area contributed by atoms with Gasteiger partial charge in [-0.15, -0.1) is 0 Å². The molecule has 1 aliphatic rings. The van der Waals surface area contributed by atoms with Crippen LogP contribution in [0.3, 0.4) is 0 Å². The summed E-state index contributed by atoms with van der Waals surface area (Å²) in [7, 11) is 0. The Balaban J connectivity index is 0.000000399. The number of aldehydes is 1. The molecule has 0 aromatic carbocycles. The first-order chi connectivity index (χ1) is 8.84. The SMILES string of the molecule is C=CC(=C)C(=C)C.CC(=O)C1=C(C)C(C=O)=CCN1. The topological polar surface area (TPSA) is 46.2 Å². The summed E-state index contributed by atoms with van der Waals surface area (Å²) in [6.45, 7) is 16.5. The van der Waals surface area contributed by atoms with Gasteiger partial charge in [-0.1, -0.05) is 37.5 Å². The Labute approximate surface area is 115 Å². The lowest BCUT2D eigenvalue weighted by molar-refractivity contribution is -0.114. The Morgan fingerprint density at radius 1 is 1.37 bits per heavy atom. The average molecular weight is 259 g/mol. The first kappa shape index (κ1) is 16.8. The maximum atomic E-state index is 11.0. The number of hydrogen-bond acceptors (Lipinski definition) is 3. The first-order valence-electron chi connectivity index (χ1n) is 5.93. The van der Waals surface area contributed by atoms with Crippen LogP contribution in [0, 0.1) is 0 Å². The summed E-state index contributed by atoms with van der Waals surface area (Å²) < 4.78 is 0. The zero-order valence-electron chi connectivity index (χ0n) is 11.9. The molecule has 102 valence electrons. The molecule has 1 aliphatic heterocycles. The molecule has 0 radical (unpaired) electrons. The predicted octanol–water partition coefficient (Wildman–Crippen LogP) is 2.88. The van der Waals surface area contributed by atoms with Crippen molar-refractivity contribution in [3.63, 3.8) is 0 Å². The molecule has 19 heavy (non-hydrogen) atoms. The summed E-state index contributed by atoms with van der Waals surface area (Å²) >= 11 is 0. The van der Waals surface area contributed by atoms with E-state index in [0.717, 1.165) is 23.0 Å². The fraction of sp³-hybridized carbons (Fsp3) is 0.250. The van der Waals surface area contributed by atoms with Gasteiger partial charge in [0.05, 0.1) is 5.70 Å². The second kappa shape index (κ2) is 8.03. The molecule has 0 atom stereocenters. The predicted molar refractivity (Wildman–Crippen MR) is 79.7 cm³/mol. The molecule has 0 saturated heterocycles. The lowest BCUT2D eigenvalue weighted by Gasteiger charge is -2.15. The second-order valence-corrected chi connectivity index (χ2v) is 4.22. The van der Waals surface area contributed by atoms with Gasteiger partial charge in [-0.25, -0.2) is 0 Å². The maximum Gasteiger partial charge on any atom is 0.175 e. The monoisotopic (exact) mass is 259 g/mol. The van der Waals surface area contributed by atoms with Gasteiger partial charge in [-0.3, -0.25) is 9.59 Å². The largest absolute Gasteiger partial charge is 0.378 e. The van der Waals surface area contributed by atoms with E-state index in [4.69, 9.17) is 0 Å². The van der Waals surface area contributed by atoms with Crippen molar-refractivity contribution < 1.29 is 9.59 Å². The fourth-order valence-corrected chi connectivity index (χ4v) is 1.39. The number of nitrogens with one attached hydrogen (secondary N) is 1. The molecule has 0 spiro atoms. The van der Waals surface area contributed by atoms with E-state index >= 15 is 0 Å². The number of ketones is 1. The lowest BCUT2D eigenvalue weighted by atomic mass is 10.0. The Morgan fingerprint density at radius 2 is 1.95 bits per heavy atom. The molecule has 3 nitrogen and oxygen atoms in total. The van der Waals surface area contributed by atoms with Gasteiger partial charge in [0.2, 0.25) is 0 Å². The van der Waals surface area contributed by atoms with Crippen molar-refractivity contribution >= 4 is 12.1 Å². The van der Waals surface area contributed by atoms with Crippen LogP contribution in [-0.2, 0) is 9.59 Å². The van der Waals surface area contributed by atoms with Crippen LogP contribution in [0.5, 0.6) is 0 Å². The van der Waals surface area contributed by atoms with Gasteiger partial charge in [-0.05, 0) is 25.0 Å². The number of carbonyl (C=O) groups is 2. The average Bonchev–Trinajstić information content (AvgIpc) is 2.38. The number of rotatable bonds is 4. The number of carbonyl (C=O) groups excluding carboxylic acids is 2. The van der Waals surface area contributed by atoms with Gasteiger partial charge in [0, 0.05) is 19.0 Å². The zero-order chi connectivity index (χ0) is 15.0. The maximum absolute atomic E-state index is 11.0. The molecule has 0 aromatic heterocycles. The summed E-state index contributed by atoms with van der Waals surface area (Å²) in [6.07, 6.45) is 4.25. The molecular formula is C16H21NO2. The summed E-state index contributed by atoms with van der Waals surface area (Å²) in [5.41, 5.74) is 3.80. The molecule has 0 bridgehead atoms. The van der Waals surface area contributed by atoms with E-state index in [1.807, 2.05) is 6.92 Å². The van der Waals surface area contributed by atoms with Crippen LogP contribution in [0.2, 0.25) is 0 Å². The van der Waals surface area contributed by atoms with Crippen LogP contribution >= 0.6 is 0 Å². The Hall–Kier alpha value is -2.16. The highest BCUT2D eigenvalue weighted by Gasteiger charge is 2.13. The van der Waals surface area contributed by atoms with E-state index < -0.39 is 0 Å². The van der Waals surface area contributed by atoms with Crippen LogP contribution in [0.25, 0.3) is 0 Å². The van der Waals surface area contributed by atoms with E-state index in [1.54, 1.807) is 19.1 Å². The third-order valence-electron chi connectivity index (χ3n) is 2.68. The van der Waals surface area contributed by atoms with Crippen molar-refractivity contribution in [2.75, 3.05) is 6.54 Å². The van der Waals surface area contributed by atoms with Gasteiger partial charge in [0.15, 0.2) is 5.78 Å². The van der Waals surface area contributed by atoms with Gasteiger partial charge < -0.3 is 5.32 Å². The van der Waals surface area contributed by atoms with E-state index in [-0.39, 0.29) is 5.78 Å². The Bertz CT molecular complexity index is 479. The zero-order valence-corrected chi connectivity index (χ0v) is 11.9. The molecule has 0 aromatic rings. The molecule has 0 unspecified atom stereocenters. The third kappa shape index (κ3) is 5.34. The van der Waals surface area contributed by atoms with Crippen LogP contribution in [0.4, 0.5) is 0 Å². The molecule has 0 amide bonds. The van der Waals surface area contributed by atoms with Crippen LogP contribution in [0.15, 0.2) is 59.9 Å². The molecule has 0 saturated carbocycles. The second-order valence-electron chi connectivity index (χ2n) is 4.22. The number of allylic oxidation sites excluding steroid dienone is 6. The van der Waals surface area contributed by atoms with Gasteiger partial charge in [-0.2, -0.15) is 0 Å². The van der Waals surface area contributed by atoms with E-state index in [9.17, 15) is 9.59 Å². The standard InChI is InChI=1S/C9H11NO2.C7H10/c1-6-8(5-11)3-4-10-9(6)7(2)12;1-5-7(4)6(2)3/h3,5,10H,4H2,1-2H3;5H,1-2,4H2,3H3. The minimum absolute atomic E-state index is 0.0278. The molecule has 1 heterocycles. The molecule has 1 N–H and O–H groups in total. The van der Waals surface area contributed by atoms with E-state index in [1.165, 1.54) is 6.92 Å². The van der Waals surface area contributed by atoms with Crippen molar-refractivity contribution in [1.82, 2.24) is 5.32 Å². The highest BCUT2D eigenvalue weighted by molar-refractivity contribution is 5.97. The van der Waals surface area contributed by atoms with Crippen molar-refractivity contribution in [1.29, 1.82) is 0 Å². The lowest BCUT2D eigenvalue weighted by Crippen LogP contribution is -2.24. The summed E-state index contributed by atoms with van der Waals surface area (Å²) in [4.78, 5) is 21.5. The normalized spacial score (nSPS) is 13.3. The molecule has 0 fully saturated rings. The van der Waals surface area contributed by atoms with Gasteiger partial charge >= 0.3 is 0 Å². The Morgan fingerprint density at radius 3 is 2.26 bits per heavy atom. The number of dihydropyridines is 1. The summed E-state index contributed by atoms with van der Waals surface area (Å²) in [5.74, 6) is -0.0278. The first-order valence-corrected chi connectivity index (χ1v) is 5.93. The molecule has 1 rings (SSSR count). The molecule has 3 heteroatoms. The number of hydrogen-bond donors (Lipinski definition) is 1. The minimum atomic E-state index is -0.0278. The third-order valence-corrected chi connectivity index (χ3v) is 2.68. The minimum Gasteiger partial charge on any atom is -0.378 e.